The van der Waals surface area contributed by atoms with Gasteiger partial charge in [0.1, 0.15) is 11.7 Å². The number of ketones is 2. The molecule has 3 spiro atoms. The third-order valence-electron chi connectivity index (χ3n) is 12.9. The van der Waals surface area contributed by atoms with Crippen LogP contribution in [0.5, 0.6) is 0 Å². The van der Waals surface area contributed by atoms with Gasteiger partial charge in [-0.2, -0.15) is 0 Å². The number of ether oxygens (including phenoxy) is 5. The van der Waals surface area contributed by atoms with Crippen LogP contribution in [0.2, 0.25) is 0 Å². The van der Waals surface area contributed by atoms with Gasteiger partial charge >= 0.3 is 11.9 Å². The molecule has 0 unspecified atom stereocenters. The van der Waals surface area contributed by atoms with E-state index in [-0.39, 0.29) is 43.5 Å². The van der Waals surface area contributed by atoms with Crippen LogP contribution in [0.1, 0.15) is 52.9 Å². The lowest BCUT2D eigenvalue weighted by Gasteiger charge is -2.63. The number of Topliss-reactive ketones (excluding diaryl/α,β-unsaturated/α-hetero) is 1. The first kappa shape index (κ1) is 22.7. The molecule has 6 aliphatic heterocycles. The van der Waals surface area contributed by atoms with Gasteiger partial charge in [-0.25, -0.2) is 4.79 Å². The van der Waals surface area contributed by atoms with Crippen LogP contribution in [0.4, 0.5) is 0 Å². The summed E-state index contributed by atoms with van der Waals surface area (Å²) in [5.74, 6) is -6.56. The normalized spacial score (nSPS) is 64.1. The number of carbonyl (C=O) groups is 4. The Balaban J connectivity index is 1.34. The molecule has 0 amide bonds. The van der Waals surface area contributed by atoms with Gasteiger partial charge in [-0.3, -0.25) is 14.4 Å². The highest BCUT2D eigenvalue weighted by atomic mass is 16.8. The minimum absolute atomic E-state index is 0.0583. The van der Waals surface area contributed by atoms with Crippen molar-refractivity contribution >= 4 is 23.5 Å². The monoisotopic (exact) mass is 526 g/mol. The lowest BCUT2D eigenvalue weighted by atomic mass is 9.46. The number of carbonyl (C=O) groups excluding carboxylic acids is 4. The number of rotatable bonds is 0. The fourth-order valence-corrected chi connectivity index (χ4v) is 10.9. The minimum atomic E-state index is -2.19. The van der Waals surface area contributed by atoms with E-state index in [2.05, 4.69) is 0 Å². The number of hydrogen-bond donors (Lipinski definition) is 1. The van der Waals surface area contributed by atoms with E-state index in [1.807, 2.05) is 19.9 Å². The van der Waals surface area contributed by atoms with Crippen molar-refractivity contribution in [2.24, 2.45) is 34.5 Å². The van der Waals surface area contributed by atoms with Crippen LogP contribution in [-0.4, -0.2) is 75.6 Å². The SMILES string of the molecule is C[C@@]12C[C@H]3OC(=O)[C@@H]1CO[C@]14O[C@@]5([C@@H]2C1=O)[C@@](O)(CC[C@H]1[C@@H]4C[C@H]2O[C@]24CC=CC(=O)[C@]14C)C(=O)O[C@@]35C. The fraction of sp³-hybridized carbons (Fsp3) is 0.786. The fourth-order valence-electron chi connectivity index (χ4n) is 10.9. The van der Waals surface area contributed by atoms with Gasteiger partial charge in [-0.1, -0.05) is 13.0 Å². The zero-order valence-electron chi connectivity index (χ0n) is 21.5. The van der Waals surface area contributed by atoms with Gasteiger partial charge < -0.3 is 28.8 Å². The average molecular weight is 527 g/mol. The zero-order chi connectivity index (χ0) is 26.5. The summed E-state index contributed by atoms with van der Waals surface area (Å²) in [6.07, 6.45) is 3.82. The van der Waals surface area contributed by atoms with Crippen LogP contribution in [0.25, 0.3) is 0 Å². The van der Waals surface area contributed by atoms with Crippen LogP contribution in [0.15, 0.2) is 12.2 Å². The zero-order valence-corrected chi connectivity index (χ0v) is 21.5. The van der Waals surface area contributed by atoms with Crippen molar-refractivity contribution in [2.45, 2.75) is 93.3 Å². The molecule has 3 aliphatic carbocycles. The standard InChI is InChI=1S/C28H30O10/c1-22-10-17-24(3)28-18(22)19(30)27(38-28,34-11-14(22)20(31)35-17)13-9-16-26(36-16)7-4-5-15(29)23(26,2)12(13)6-8-25(28,33)21(32)37-24/h4-5,12-14,16-18,33H,6-11H2,1-3H3/t12-,13-,14-,16+,17+,18+,22+,23-,24-,25+,26+,27+,28+/m0/s1. The number of aliphatic hydroxyl groups is 1. The van der Waals surface area contributed by atoms with E-state index in [9.17, 15) is 24.3 Å². The summed E-state index contributed by atoms with van der Waals surface area (Å²) in [6.45, 7) is 5.27. The first-order chi connectivity index (χ1) is 17.9. The Morgan fingerprint density at radius 1 is 1.05 bits per heavy atom. The molecule has 9 rings (SSSR count). The quantitative estimate of drug-likeness (QED) is 0.356. The molecule has 8 fully saturated rings. The molecule has 0 aromatic heterocycles. The van der Waals surface area contributed by atoms with E-state index in [0.29, 0.717) is 12.8 Å². The molecule has 5 bridgehead atoms. The summed E-state index contributed by atoms with van der Waals surface area (Å²) in [5, 5.41) is 12.4. The van der Waals surface area contributed by atoms with Crippen molar-refractivity contribution in [2.75, 3.05) is 6.61 Å². The Bertz CT molecular complexity index is 1340. The number of hydrogen-bond acceptors (Lipinski definition) is 10. The van der Waals surface area contributed by atoms with E-state index in [0.717, 1.165) is 0 Å². The van der Waals surface area contributed by atoms with Crippen molar-refractivity contribution in [3.05, 3.63) is 12.2 Å². The molecule has 1 N–H and O–H groups in total. The highest BCUT2D eigenvalue weighted by Crippen LogP contribution is 2.77. The molecular weight excluding hydrogens is 496 g/mol. The van der Waals surface area contributed by atoms with Crippen molar-refractivity contribution in [1.29, 1.82) is 0 Å². The van der Waals surface area contributed by atoms with Crippen LogP contribution in [0, 0.1) is 34.5 Å². The summed E-state index contributed by atoms with van der Waals surface area (Å²) >= 11 is 0. The summed E-state index contributed by atoms with van der Waals surface area (Å²) in [4.78, 5) is 55.6. The lowest BCUT2D eigenvalue weighted by molar-refractivity contribution is -0.375. The van der Waals surface area contributed by atoms with E-state index < -0.39 is 80.7 Å². The van der Waals surface area contributed by atoms with Crippen LogP contribution < -0.4 is 0 Å². The van der Waals surface area contributed by atoms with Crippen molar-refractivity contribution in [3.63, 3.8) is 0 Å². The highest BCUT2D eigenvalue weighted by molar-refractivity contribution is 6.00. The Kier molecular flexibility index (Phi) is 3.47. The first-order valence-corrected chi connectivity index (χ1v) is 13.8. The van der Waals surface area contributed by atoms with E-state index in [4.69, 9.17) is 23.7 Å². The molecule has 9 aliphatic rings. The summed E-state index contributed by atoms with van der Waals surface area (Å²) in [7, 11) is 0. The van der Waals surface area contributed by atoms with E-state index in [1.54, 1.807) is 13.0 Å². The molecule has 38 heavy (non-hydrogen) atoms. The maximum atomic E-state index is 14.9. The van der Waals surface area contributed by atoms with Gasteiger partial charge in [0.2, 0.25) is 5.79 Å². The second-order valence-corrected chi connectivity index (χ2v) is 13.8. The summed E-state index contributed by atoms with van der Waals surface area (Å²) < 4.78 is 31.5. The van der Waals surface area contributed by atoms with Crippen molar-refractivity contribution in [1.82, 2.24) is 0 Å². The molecule has 2 saturated carbocycles. The van der Waals surface area contributed by atoms with Gasteiger partial charge in [-0.15, -0.1) is 0 Å². The lowest BCUT2D eigenvalue weighted by Crippen LogP contribution is -2.79. The van der Waals surface area contributed by atoms with Gasteiger partial charge in [0.05, 0.1) is 30.0 Å². The second-order valence-electron chi connectivity index (χ2n) is 13.8. The number of fused-ring (bicyclic) bond motifs is 4. The molecule has 0 aromatic rings. The number of epoxide rings is 1. The molecular formula is C28H30O10. The third-order valence-corrected chi connectivity index (χ3v) is 12.9. The van der Waals surface area contributed by atoms with Crippen LogP contribution in [-0.2, 0) is 42.9 Å². The molecule has 0 aromatic carbocycles. The predicted molar refractivity (Wildman–Crippen MR) is 122 cm³/mol. The predicted octanol–water partition coefficient (Wildman–Crippen LogP) is 0.768. The minimum Gasteiger partial charge on any atom is -0.458 e. The molecule has 6 heterocycles. The summed E-state index contributed by atoms with van der Waals surface area (Å²) in [5.41, 5.74) is -8.23. The molecule has 13 atom stereocenters. The Morgan fingerprint density at radius 3 is 2.63 bits per heavy atom. The topological polar surface area (TPSA) is 138 Å². The van der Waals surface area contributed by atoms with Crippen molar-refractivity contribution < 1.29 is 48.0 Å². The molecule has 202 valence electrons. The summed E-state index contributed by atoms with van der Waals surface area (Å²) in [6, 6.07) is 0. The van der Waals surface area contributed by atoms with Crippen LogP contribution in [0.3, 0.4) is 0 Å². The largest absolute Gasteiger partial charge is 0.458 e. The van der Waals surface area contributed by atoms with Gasteiger partial charge in [-0.05, 0) is 63.4 Å². The van der Waals surface area contributed by atoms with Gasteiger partial charge in [0.15, 0.2) is 28.4 Å². The Labute approximate surface area is 218 Å². The Morgan fingerprint density at radius 2 is 1.84 bits per heavy atom. The van der Waals surface area contributed by atoms with E-state index >= 15 is 0 Å². The Hall–Kier alpha value is -2.14. The smallest absolute Gasteiger partial charge is 0.342 e. The van der Waals surface area contributed by atoms with Crippen LogP contribution >= 0.6 is 0 Å². The molecule has 6 saturated heterocycles. The van der Waals surface area contributed by atoms with Gasteiger partial charge in [0.25, 0.3) is 0 Å². The average Bonchev–Trinajstić information content (AvgIpc) is 3.45. The maximum absolute atomic E-state index is 14.9. The third kappa shape index (κ3) is 1.79. The maximum Gasteiger partial charge on any atom is 0.342 e. The molecule has 0 radical (unpaired) electrons. The number of esters is 2. The van der Waals surface area contributed by atoms with E-state index in [1.165, 1.54) is 0 Å². The first-order valence-electron chi connectivity index (χ1n) is 13.8. The van der Waals surface area contributed by atoms with Crippen molar-refractivity contribution in [3.8, 4) is 0 Å². The molecule has 10 heteroatoms. The van der Waals surface area contributed by atoms with Gasteiger partial charge in [0, 0.05) is 5.92 Å². The molecule has 10 nitrogen and oxygen atoms in total. The second kappa shape index (κ2) is 5.82. The highest BCUT2D eigenvalue weighted by Gasteiger charge is 2.94. The number of allylic oxidation sites excluding steroid dienone is 1.